The van der Waals surface area contributed by atoms with Gasteiger partial charge in [-0.2, -0.15) is 13.2 Å². The lowest BCUT2D eigenvalue weighted by Gasteiger charge is -2.37. The summed E-state index contributed by atoms with van der Waals surface area (Å²) >= 11 is 0. The van der Waals surface area contributed by atoms with Crippen LogP contribution in [-0.2, 0) is 4.79 Å². The molecule has 0 unspecified atom stereocenters. The van der Waals surface area contributed by atoms with Crippen LogP contribution < -0.4 is 5.32 Å². The van der Waals surface area contributed by atoms with Gasteiger partial charge in [-0.3, -0.25) is 0 Å². The summed E-state index contributed by atoms with van der Waals surface area (Å²) in [7, 11) is 0. The molecule has 0 aromatic rings. The second kappa shape index (κ2) is 4.58. The Balaban J connectivity index is 0.000000168. The monoisotopic (exact) mass is 241 g/mol. The molecule has 0 bridgehead atoms. The predicted octanol–water partition coefficient (Wildman–Crippen LogP) is 0.754. The minimum absolute atomic E-state index is 0.304. The molecule has 0 radical (unpaired) electrons. The average molecular weight is 241 g/mol. The van der Waals surface area contributed by atoms with Gasteiger partial charge in [-0.15, -0.1) is 0 Å². The Labute approximate surface area is 90.4 Å². The van der Waals surface area contributed by atoms with Crippen molar-refractivity contribution in [1.82, 2.24) is 5.32 Å². The molecule has 16 heavy (non-hydrogen) atoms. The Hall–Kier alpha value is -0.820. The molecule has 7 heteroatoms. The van der Waals surface area contributed by atoms with Crippen LogP contribution in [-0.4, -0.2) is 41.0 Å². The molecule has 0 amide bonds. The quantitative estimate of drug-likeness (QED) is 0.667. The molecule has 0 aromatic carbocycles. The molecule has 0 atom stereocenters. The summed E-state index contributed by atoms with van der Waals surface area (Å²) in [6, 6.07) is 0. The van der Waals surface area contributed by atoms with Crippen LogP contribution in [0, 0.1) is 5.92 Å². The number of nitrogens with one attached hydrogen (secondary N) is 1. The molecule has 1 aliphatic carbocycles. The minimum Gasteiger partial charge on any atom is -0.475 e. The van der Waals surface area contributed by atoms with E-state index in [1.165, 1.54) is 12.8 Å². The maximum Gasteiger partial charge on any atom is 0.490 e. The lowest BCUT2D eigenvalue weighted by Crippen LogP contribution is -2.59. The van der Waals surface area contributed by atoms with Gasteiger partial charge in [-0.1, -0.05) is 12.8 Å². The van der Waals surface area contributed by atoms with Crippen LogP contribution in [0.5, 0.6) is 0 Å². The van der Waals surface area contributed by atoms with Crippen molar-refractivity contribution in [1.29, 1.82) is 0 Å². The van der Waals surface area contributed by atoms with Crippen LogP contribution in [0.1, 0.15) is 19.3 Å². The molecular weight excluding hydrogens is 227 g/mol. The molecule has 2 rings (SSSR count). The van der Waals surface area contributed by atoms with Crippen LogP contribution in [0.3, 0.4) is 0 Å². The van der Waals surface area contributed by atoms with Crippen molar-refractivity contribution in [3.63, 3.8) is 0 Å². The van der Waals surface area contributed by atoms with E-state index in [0.29, 0.717) is 0 Å². The van der Waals surface area contributed by atoms with Gasteiger partial charge in [0.05, 0.1) is 5.60 Å². The van der Waals surface area contributed by atoms with E-state index in [1.54, 1.807) is 0 Å². The van der Waals surface area contributed by atoms with E-state index >= 15 is 0 Å². The Kier molecular flexibility index (Phi) is 3.80. The van der Waals surface area contributed by atoms with Crippen molar-refractivity contribution in [2.75, 3.05) is 13.1 Å². The number of aliphatic carboxylic acids is 1. The summed E-state index contributed by atoms with van der Waals surface area (Å²) in [4.78, 5) is 8.90. The third-order valence-electron chi connectivity index (χ3n) is 2.52. The Morgan fingerprint density at radius 1 is 1.38 bits per heavy atom. The van der Waals surface area contributed by atoms with Gasteiger partial charge < -0.3 is 15.5 Å². The molecule has 3 N–H and O–H groups in total. The summed E-state index contributed by atoms with van der Waals surface area (Å²) in [5.41, 5.74) is -0.304. The maximum atomic E-state index is 10.6. The number of β-amino-alcohol motifs (C(OH)–C–C–N with tert-alkyl or cyclic N) is 1. The zero-order valence-corrected chi connectivity index (χ0v) is 8.55. The first-order chi connectivity index (χ1) is 7.23. The summed E-state index contributed by atoms with van der Waals surface area (Å²) in [6.45, 7) is 1.65. The number of aliphatic hydroxyl groups is 1. The molecule has 0 spiro atoms. The van der Waals surface area contributed by atoms with Gasteiger partial charge in [-0.25, -0.2) is 4.79 Å². The van der Waals surface area contributed by atoms with E-state index in [2.05, 4.69) is 5.32 Å². The minimum atomic E-state index is -5.08. The molecule has 2 fully saturated rings. The highest BCUT2D eigenvalue weighted by Gasteiger charge is 2.39. The molecular formula is C9H14F3NO3. The fraction of sp³-hybridized carbons (Fsp3) is 0.889. The third-order valence-corrected chi connectivity index (χ3v) is 2.52. The molecule has 2 aliphatic rings. The number of carboxylic acids is 1. The van der Waals surface area contributed by atoms with Gasteiger partial charge >= 0.3 is 12.1 Å². The zero-order valence-electron chi connectivity index (χ0n) is 8.55. The van der Waals surface area contributed by atoms with Crippen molar-refractivity contribution in [2.45, 2.75) is 31.0 Å². The number of halogens is 3. The summed E-state index contributed by atoms with van der Waals surface area (Å²) in [5.74, 6) is -1.90. The number of alkyl halides is 3. The van der Waals surface area contributed by atoms with E-state index in [4.69, 9.17) is 9.90 Å². The first-order valence-corrected chi connectivity index (χ1v) is 4.96. The highest BCUT2D eigenvalue weighted by molar-refractivity contribution is 5.73. The van der Waals surface area contributed by atoms with Gasteiger partial charge in [0, 0.05) is 13.1 Å². The molecule has 1 heterocycles. The normalized spacial score (nSPS) is 22.8. The van der Waals surface area contributed by atoms with Crippen molar-refractivity contribution in [3.8, 4) is 0 Å². The molecule has 1 saturated carbocycles. The lowest BCUT2D eigenvalue weighted by molar-refractivity contribution is -0.192. The van der Waals surface area contributed by atoms with Crippen molar-refractivity contribution >= 4 is 5.97 Å². The molecule has 0 aromatic heterocycles. The van der Waals surface area contributed by atoms with Crippen LogP contribution in [0.2, 0.25) is 0 Å². The highest BCUT2D eigenvalue weighted by atomic mass is 19.4. The van der Waals surface area contributed by atoms with Crippen LogP contribution in [0.4, 0.5) is 13.2 Å². The fourth-order valence-electron chi connectivity index (χ4n) is 1.42. The van der Waals surface area contributed by atoms with Crippen LogP contribution in [0.15, 0.2) is 0 Å². The Bertz CT molecular complexity index is 259. The van der Waals surface area contributed by atoms with Gasteiger partial charge in [0.1, 0.15) is 0 Å². The standard InChI is InChI=1S/C7H13NO.C2HF3O2/c9-7(4-8-5-7)3-6-1-2-6;3-2(4,5)1(6)7/h6,8-9H,1-5H2;(H,6,7). The van der Waals surface area contributed by atoms with E-state index in [0.717, 1.165) is 25.4 Å². The van der Waals surface area contributed by atoms with Crippen molar-refractivity contribution in [3.05, 3.63) is 0 Å². The average Bonchev–Trinajstić information content (AvgIpc) is 2.84. The van der Waals surface area contributed by atoms with Gasteiger partial charge in [0.15, 0.2) is 0 Å². The number of carbonyl (C=O) groups is 1. The Morgan fingerprint density at radius 3 is 2.00 bits per heavy atom. The number of rotatable bonds is 2. The van der Waals surface area contributed by atoms with Crippen LogP contribution >= 0.6 is 0 Å². The molecule has 1 saturated heterocycles. The summed E-state index contributed by atoms with van der Waals surface area (Å²) in [6.07, 6.45) is -1.34. The third kappa shape index (κ3) is 4.36. The van der Waals surface area contributed by atoms with E-state index in [9.17, 15) is 18.3 Å². The van der Waals surface area contributed by atoms with Crippen molar-refractivity contribution in [2.24, 2.45) is 5.92 Å². The maximum absolute atomic E-state index is 10.6. The first-order valence-electron chi connectivity index (χ1n) is 4.96. The topological polar surface area (TPSA) is 69.6 Å². The van der Waals surface area contributed by atoms with E-state index in [-0.39, 0.29) is 5.60 Å². The molecule has 1 aliphatic heterocycles. The highest BCUT2D eigenvalue weighted by Crippen LogP contribution is 2.37. The van der Waals surface area contributed by atoms with Gasteiger partial charge in [-0.05, 0) is 12.3 Å². The second-order valence-electron chi connectivity index (χ2n) is 4.28. The molecule has 94 valence electrons. The van der Waals surface area contributed by atoms with Gasteiger partial charge in [0.2, 0.25) is 0 Å². The number of hydrogen-bond donors (Lipinski definition) is 3. The summed E-state index contributed by atoms with van der Waals surface area (Å²) in [5, 5.41) is 19.8. The predicted molar refractivity (Wildman–Crippen MR) is 48.9 cm³/mol. The largest absolute Gasteiger partial charge is 0.490 e. The molecule has 4 nitrogen and oxygen atoms in total. The first kappa shape index (κ1) is 13.2. The van der Waals surface area contributed by atoms with Gasteiger partial charge in [0.25, 0.3) is 0 Å². The smallest absolute Gasteiger partial charge is 0.475 e. The fourth-order valence-corrected chi connectivity index (χ4v) is 1.42. The SMILES string of the molecule is O=C(O)C(F)(F)F.OC1(CC2CC2)CNC1. The number of carboxylic acid groups (broad SMARTS) is 1. The van der Waals surface area contributed by atoms with E-state index in [1.807, 2.05) is 0 Å². The lowest BCUT2D eigenvalue weighted by atomic mass is 9.91. The summed E-state index contributed by atoms with van der Waals surface area (Å²) < 4.78 is 31.7. The zero-order chi connectivity index (χ0) is 12.4. The Morgan fingerprint density at radius 2 is 1.81 bits per heavy atom. The second-order valence-corrected chi connectivity index (χ2v) is 4.28. The van der Waals surface area contributed by atoms with Crippen molar-refractivity contribution < 1.29 is 28.2 Å². The van der Waals surface area contributed by atoms with E-state index < -0.39 is 12.1 Å². The van der Waals surface area contributed by atoms with Crippen LogP contribution in [0.25, 0.3) is 0 Å². The number of hydrogen-bond acceptors (Lipinski definition) is 3.